The van der Waals surface area contributed by atoms with Crippen molar-refractivity contribution < 1.29 is 0 Å². The van der Waals surface area contributed by atoms with Gasteiger partial charge in [-0.05, 0) is 43.4 Å². The molecule has 5 nitrogen and oxygen atoms in total. The minimum absolute atomic E-state index is 0.682. The van der Waals surface area contributed by atoms with Gasteiger partial charge in [-0.2, -0.15) is 10.1 Å². The lowest BCUT2D eigenvalue weighted by molar-refractivity contribution is 0.441. The SMILES string of the molecule is Cc1ccc(Nc2cnnc(N3CCCC(C)C3)n2)cc1Br. The van der Waals surface area contributed by atoms with E-state index in [0.717, 1.165) is 29.1 Å². The third-order valence-electron chi connectivity index (χ3n) is 3.93. The first-order valence-electron chi connectivity index (χ1n) is 7.59. The second kappa shape index (κ2) is 6.60. The Bertz CT molecular complexity index is 661. The standard InChI is InChI=1S/C16H20BrN5/c1-11-4-3-7-22(10-11)16-20-15(9-18-21-16)19-13-6-5-12(2)14(17)8-13/h5-6,8-9,11H,3-4,7,10H2,1-2H3,(H,19,20,21). The summed E-state index contributed by atoms with van der Waals surface area (Å²) in [6.45, 7) is 6.34. The van der Waals surface area contributed by atoms with Crippen molar-refractivity contribution in [3.63, 3.8) is 0 Å². The van der Waals surface area contributed by atoms with Gasteiger partial charge in [-0.25, -0.2) is 0 Å². The minimum Gasteiger partial charge on any atom is -0.339 e. The molecular formula is C16H20BrN5. The summed E-state index contributed by atoms with van der Waals surface area (Å²) in [5, 5.41) is 11.6. The number of nitrogens with one attached hydrogen (secondary N) is 1. The zero-order valence-corrected chi connectivity index (χ0v) is 14.5. The molecule has 1 aliphatic rings. The number of nitrogens with zero attached hydrogens (tertiary/aromatic N) is 4. The van der Waals surface area contributed by atoms with Crippen LogP contribution in [0.2, 0.25) is 0 Å². The van der Waals surface area contributed by atoms with Crippen LogP contribution in [0.1, 0.15) is 25.3 Å². The van der Waals surface area contributed by atoms with Gasteiger partial charge in [-0.15, -0.1) is 5.10 Å². The predicted octanol–water partition coefficient (Wildman–Crippen LogP) is 3.92. The van der Waals surface area contributed by atoms with Crippen LogP contribution in [0.5, 0.6) is 0 Å². The largest absolute Gasteiger partial charge is 0.339 e. The Morgan fingerprint density at radius 2 is 2.23 bits per heavy atom. The molecule has 1 atom stereocenters. The molecule has 22 heavy (non-hydrogen) atoms. The summed E-state index contributed by atoms with van der Waals surface area (Å²) in [6, 6.07) is 6.14. The Kier molecular flexibility index (Phi) is 4.57. The molecule has 1 fully saturated rings. The number of halogens is 1. The first kappa shape index (κ1) is 15.2. The molecular weight excluding hydrogens is 342 g/mol. The van der Waals surface area contributed by atoms with E-state index < -0.39 is 0 Å². The fourth-order valence-corrected chi connectivity index (χ4v) is 3.06. The van der Waals surface area contributed by atoms with Crippen LogP contribution in [-0.4, -0.2) is 28.3 Å². The van der Waals surface area contributed by atoms with Crippen LogP contribution < -0.4 is 10.2 Å². The van der Waals surface area contributed by atoms with E-state index in [-0.39, 0.29) is 0 Å². The van der Waals surface area contributed by atoms with Gasteiger partial charge >= 0.3 is 0 Å². The molecule has 1 unspecified atom stereocenters. The molecule has 6 heteroatoms. The van der Waals surface area contributed by atoms with Crippen LogP contribution in [0.15, 0.2) is 28.9 Å². The van der Waals surface area contributed by atoms with Gasteiger partial charge < -0.3 is 10.2 Å². The lowest BCUT2D eigenvalue weighted by Crippen LogP contribution is -2.35. The summed E-state index contributed by atoms with van der Waals surface area (Å²) in [5.74, 6) is 2.11. The molecule has 0 bridgehead atoms. The number of aryl methyl sites for hydroxylation is 1. The van der Waals surface area contributed by atoms with E-state index in [1.807, 2.05) is 12.1 Å². The Morgan fingerprint density at radius 1 is 1.36 bits per heavy atom. The molecule has 1 N–H and O–H groups in total. The van der Waals surface area contributed by atoms with E-state index in [1.165, 1.54) is 18.4 Å². The first-order chi connectivity index (χ1) is 10.6. The van der Waals surface area contributed by atoms with Crippen molar-refractivity contribution in [1.29, 1.82) is 0 Å². The number of piperidine rings is 1. The first-order valence-corrected chi connectivity index (χ1v) is 8.39. The van der Waals surface area contributed by atoms with Gasteiger partial charge in [0, 0.05) is 23.2 Å². The molecule has 1 aromatic heterocycles. The fourth-order valence-electron chi connectivity index (χ4n) is 2.68. The summed E-state index contributed by atoms with van der Waals surface area (Å²) < 4.78 is 1.07. The molecule has 0 radical (unpaired) electrons. The highest BCUT2D eigenvalue weighted by molar-refractivity contribution is 9.10. The molecule has 2 aromatic rings. The van der Waals surface area contributed by atoms with Crippen molar-refractivity contribution in [2.75, 3.05) is 23.3 Å². The molecule has 1 aliphatic heterocycles. The predicted molar refractivity (Wildman–Crippen MR) is 92.6 cm³/mol. The van der Waals surface area contributed by atoms with E-state index in [2.05, 4.69) is 61.2 Å². The number of aromatic nitrogens is 3. The molecule has 116 valence electrons. The molecule has 2 heterocycles. The molecule has 0 aliphatic carbocycles. The summed E-state index contributed by atoms with van der Waals surface area (Å²) in [5.41, 5.74) is 2.19. The Balaban J connectivity index is 1.77. The monoisotopic (exact) mass is 361 g/mol. The molecule has 0 spiro atoms. The van der Waals surface area contributed by atoms with Gasteiger partial charge in [0.15, 0.2) is 5.82 Å². The number of hydrogen-bond donors (Lipinski definition) is 1. The van der Waals surface area contributed by atoms with Gasteiger partial charge in [0.25, 0.3) is 0 Å². The van der Waals surface area contributed by atoms with E-state index in [0.29, 0.717) is 11.9 Å². The Labute approximate surface area is 139 Å². The zero-order valence-electron chi connectivity index (χ0n) is 12.9. The van der Waals surface area contributed by atoms with Crippen molar-refractivity contribution in [3.05, 3.63) is 34.4 Å². The van der Waals surface area contributed by atoms with Crippen molar-refractivity contribution in [2.24, 2.45) is 5.92 Å². The topological polar surface area (TPSA) is 53.9 Å². The maximum Gasteiger partial charge on any atom is 0.247 e. The van der Waals surface area contributed by atoms with Gasteiger partial charge in [0.2, 0.25) is 5.95 Å². The van der Waals surface area contributed by atoms with Crippen LogP contribution >= 0.6 is 15.9 Å². The Morgan fingerprint density at radius 3 is 3.00 bits per heavy atom. The highest BCUT2D eigenvalue weighted by Crippen LogP contribution is 2.24. The normalized spacial score (nSPS) is 18.3. The van der Waals surface area contributed by atoms with Gasteiger partial charge in [-0.3, -0.25) is 0 Å². The quantitative estimate of drug-likeness (QED) is 0.897. The Hall–Kier alpha value is -1.69. The maximum atomic E-state index is 4.60. The van der Waals surface area contributed by atoms with Crippen LogP contribution in [0.4, 0.5) is 17.5 Å². The highest BCUT2D eigenvalue weighted by Gasteiger charge is 2.19. The summed E-state index contributed by atoms with van der Waals surface area (Å²) in [7, 11) is 0. The lowest BCUT2D eigenvalue weighted by Gasteiger charge is -2.30. The molecule has 3 rings (SSSR count). The second-order valence-corrected chi connectivity index (χ2v) is 6.78. The highest BCUT2D eigenvalue weighted by atomic mass is 79.9. The molecule has 1 saturated heterocycles. The summed E-state index contributed by atoms with van der Waals surface area (Å²) in [4.78, 5) is 6.82. The van der Waals surface area contributed by atoms with Crippen molar-refractivity contribution >= 4 is 33.4 Å². The zero-order chi connectivity index (χ0) is 15.5. The number of benzene rings is 1. The number of hydrogen-bond acceptors (Lipinski definition) is 5. The molecule has 0 amide bonds. The third kappa shape index (κ3) is 3.55. The van der Waals surface area contributed by atoms with Gasteiger partial charge in [0.1, 0.15) is 0 Å². The molecule has 1 aromatic carbocycles. The third-order valence-corrected chi connectivity index (χ3v) is 4.79. The molecule has 0 saturated carbocycles. The van der Waals surface area contributed by atoms with Crippen LogP contribution in [0, 0.1) is 12.8 Å². The summed E-state index contributed by atoms with van der Waals surface area (Å²) in [6.07, 6.45) is 4.12. The van der Waals surface area contributed by atoms with Crippen LogP contribution in [-0.2, 0) is 0 Å². The van der Waals surface area contributed by atoms with Crippen LogP contribution in [0.25, 0.3) is 0 Å². The smallest absolute Gasteiger partial charge is 0.247 e. The van der Waals surface area contributed by atoms with E-state index in [1.54, 1.807) is 6.20 Å². The lowest BCUT2D eigenvalue weighted by atomic mass is 10.0. The van der Waals surface area contributed by atoms with E-state index >= 15 is 0 Å². The average molecular weight is 362 g/mol. The second-order valence-electron chi connectivity index (χ2n) is 5.92. The summed E-state index contributed by atoms with van der Waals surface area (Å²) >= 11 is 3.55. The number of rotatable bonds is 3. The fraction of sp³-hybridized carbons (Fsp3) is 0.438. The van der Waals surface area contributed by atoms with Crippen molar-refractivity contribution in [2.45, 2.75) is 26.7 Å². The van der Waals surface area contributed by atoms with Gasteiger partial charge in [0.05, 0.1) is 6.20 Å². The van der Waals surface area contributed by atoms with Crippen LogP contribution in [0.3, 0.4) is 0 Å². The van der Waals surface area contributed by atoms with Crippen molar-refractivity contribution in [3.8, 4) is 0 Å². The van der Waals surface area contributed by atoms with Crippen molar-refractivity contribution in [1.82, 2.24) is 15.2 Å². The van der Waals surface area contributed by atoms with E-state index in [9.17, 15) is 0 Å². The maximum absolute atomic E-state index is 4.60. The van der Waals surface area contributed by atoms with Gasteiger partial charge in [-0.1, -0.05) is 28.9 Å². The van der Waals surface area contributed by atoms with E-state index in [4.69, 9.17) is 0 Å². The average Bonchev–Trinajstić information content (AvgIpc) is 2.51. The minimum atomic E-state index is 0.682. The number of anilines is 3.